The normalized spacial score (nSPS) is 10.4. The van der Waals surface area contributed by atoms with Gasteiger partial charge in [0, 0.05) is 12.1 Å². The lowest BCUT2D eigenvalue weighted by Crippen LogP contribution is -2.42. The number of hydrogen-bond donors (Lipinski definition) is 3. The molecule has 0 aliphatic heterocycles. The van der Waals surface area contributed by atoms with Crippen LogP contribution < -0.4 is 5.73 Å². The third-order valence-corrected chi connectivity index (χ3v) is 2.55. The maximum Gasteiger partial charge on any atom is 0.258 e. The molecule has 0 spiro atoms. The van der Waals surface area contributed by atoms with Gasteiger partial charge in [-0.3, -0.25) is 4.79 Å². The number of phenols is 2. The summed E-state index contributed by atoms with van der Waals surface area (Å²) in [5.41, 5.74) is 5.55. The van der Waals surface area contributed by atoms with E-state index in [1.54, 1.807) is 0 Å². The predicted molar refractivity (Wildman–Crippen MR) is 72.7 cm³/mol. The number of amides is 1. The molecule has 0 heterocycles. The Hall–Kier alpha value is -1.82. The molecular formula is C12H16N2O3S. The first-order chi connectivity index (χ1) is 8.32. The fraction of sp³-hybridized carbons (Fsp3) is 0.333. The van der Waals surface area contributed by atoms with Crippen LogP contribution in [-0.4, -0.2) is 38.6 Å². The van der Waals surface area contributed by atoms with Crippen LogP contribution in [-0.2, 0) is 0 Å². The number of nitrogens with zero attached hydrogens (tertiary/aromatic N) is 1. The summed E-state index contributed by atoms with van der Waals surface area (Å²) in [5, 5.41) is 18.8. The number of phenolic OH excluding ortho intramolecular Hbond substituents is 2. The van der Waals surface area contributed by atoms with Gasteiger partial charge in [-0.1, -0.05) is 12.2 Å². The van der Waals surface area contributed by atoms with E-state index in [0.29, 0.717) is 0 Å². The smallest absolute Gasteiger partial charge is 0.258 e. The van der Waals surface area contributed by atoms with Crippen LogP contribution >= 0.6 is 12.2 Å². The highest BCUT2D eigenvalue weighted by Crippen LogP contribution is 2.24. The van der Waals surface area contributed by atoms with Crippen molar-refractivity contribution < 1.29 is 15.0 Å². The van der Waals surface area contributed by atoms with Crippen LogP contribution in [0, 0.1) is 0 Å². The SMILES string of the molecule is CC(C)N(CC(N)=S)C(=O)c1ccc(O)cc1O. The van der Waals surface area contributed by atoms with Gasteiger partial charge in [-0.2, -0.15) is 0 Å². The average molecular weight is 268 g/mol. The standard InChI is InChI=1S/C12H16N2O3S/c1-7(2)14(6-11(13)18)12(17)9-4-3-8(15)5-10(9)16/h3-5,7,15-16H,6H2,1-2H3,(H2,13,18). The highest BCUT2D eigenvalue weighted by Gasteiger charge is 2.22. The zero-order chi connectivity index (χ0) is 13.9. The van der Waals surface area contributed by atoms with E-state index in [1.165, 1.54) is 17.0 Å². The molecule has 0 saturated carbocycles. The van der Waals surface area contributed by atoms with Gasteiger partial charge in [0.25, 0.3) is 5.91 Å². The second-order valence-corrected chi connectivity index (χ2v) is 4.72. The molecule has 0 atom stereocenters. The van der Waals surface area contributed by atoms with Crippen LogP contribution in [0.25, 0.3) is 0 Å². The third-order valence-electron chi connectivity index (χ3n) is 2.42. The van der Waals surface area contributed by atoms with Gasteiger partial charge in [-0.05, 0) is 26.0 Å². The number of nitrogens with two attached hydrogens (primary N) is 1. The molecule has 0 aliphatic rings. The quantitative estimate of drug-likeness (QED) is 0.715. The molecule has 4 N–H and O–H groups in total. The summed E-state index contributed by atoms with van der Waals surface area (Å²) in [6, 6.07) is 3.72. The number of aromatic hydroxyl groups is 2. The predicted octanol–water partition coefficient (Wildman–Crippen LogP) is 1.23. The highest BCUT2D eigenvalue weighted by molar-refractivity contribution is 7.80. The molecule has 1 aromatic rings. The minimum atomic E-state index is -0.379. The summed E-state index contributed by atoms with van der Waals surface area (Å²) in [6.07, 6.45) is 0. The summed E-state index contributed by atoms with van der Waals surface area (Å²) in [5.74, 6) is -0.751. The van der Waals surface area contributed by atoms with Gasteiger partial charge in [-0.15, -0.1) is 0 Å². The lowest BCUT2D eigenvalue weighted by Gasteiger charge is -2.26. The number of carbonyl (C=O) groups excluding carboxylic acids is 1. The molecule has 0 fully saturated rings. The van der Waals surface area contributed by atoms with Gasteiger partial charge in [0.2, 0.25) is 0 Å². The number of thiocarbonyl (C=S) groups is 1. The Bertz CT molecular complexity index is 474. The van der Waals surface area contributed by atoms with Gasteiger partial charge in [0.1, 0.15) is 11.5 Å². The molecule has 0 aromatic heterocycles. The summed E-state index contributed by atoms with van der Waals surface area (Å²) < 4.78 is 0. The zero-order valence-corrected chi connectivity index (χ0v) is 11.1. The van der Waals surface area contributed by atoms with Gasteiger partial charge < -0.3 is 20.8 Å². The molecule has 0 unspecified atom stereocenters. The van der Waals surface area contributed by atoms with Crippen molar-refractivity contribution in [3.05, 3.63) is 23.8 Å². The molecule has 5 nitrogen and oxygen atoms in total. The summed E-state index contributed by atoms with van der Waals surface area (Å²) in [6.45, 7) is 3.80. The summed E-state index contributed by atoms with van der Waals surface area (Å²) in [4.78, 5) is 13.9. The van der Waals surface area contributed by atoms with Crippen LogP contribution in [0.3, 0.4) is 0 Å². The van der Waals surface area contributed by atoms with E-state index in [9.17, 15) is 15.0 Å². The monoisotopic (exact) mass is 268 g/mol. The number of hydrogen-bond acceptors (Lipinski definition) is 4. The molecule has 98 valence electrons. The molecule has 18 heavy (non-hydrogen) atoms. The van der Waals surface area contributed by atoms with Crippen LogP contribution in [0.4, 0.5) is 0 Å². The van der Waals surface area contributed by atoms with Crippen molar-refractivity contribution in [1.29, 1.82) is 0 Å². The van der Waals surface area contributed by atoms with Gasteiger partial charge >= 0.3 is 0 Å². The van der Waals surface area contributed by atoms with Crippen molar-refractivity contribution >= 4 is 23.1 Å². The first-order valence-electron chi connectivity index (χ1n) is 5.44. The van der Waals surface area contributed by atoms with E-state index in [0.717, 1.165) is 6.07 Å². The lowest BCUT2D eigenvalue weighted by molar-refractivity contribution is 0.0733. The molecular weight excluding hydrogens is 252 g/mol. The van der Waals surface area contributed by atoms with Crippen LogP contribution in [0.15, 0.2) is 18.2 Å². The van der Waals surface area contributed by atoms with E-state index >= 15 is 0 Å². The molecule has 1 rings (SSSR count). The topological polar surface area (TPSA) is 86.8 Å². The van der Waals surface area contributed by atoms with Crippen LogP contribution in [0.5, 0.6) is 11.5 Å². The van der Waals surface area contributed by atoms with Gasteiger partial charge in [-0.25, -0.2) is 0 Å². The summed E-state index contributed by atoms with van der Waals surface area (Å²) >= 11 is 4.80. The largest absolute Gasteiger partial charge is 0.508 e. The average Bonchev–Trinajstić information content (AvgIpc) is 2.24. The van der Waals surface area contributed by atoms with Gasteiger partial charge in [0.15, 0.2) is 0 Å². The molecule has 0 radical (unpaired) electrons. The first kappa shape index (κ1) is 14.2. The minimum absolute atomic E-state index is 0.102. The molecule has 1 amide bonds. The van der Waals surface area contributed by atoms with Crippen molar-refractivity contribution in [2.24, 2.45) is 5.73 Å². The van der Waals surface area contributed by atoms with Crippen LogP contribution in [0.1, 0.15) is 24.2 Å². The maximum atomic E-state index is 12.2. The Balaban J connectivity index is 3.05. The van der Waals surface area contributed by atoms with E-state index in [-0.39, 0.29) is 40.5 Å². The second kappa shape index (κ2) is 5.68. The maximum absolute atomic E-state index is 12.2. The number of benzene rings is 1. The van der Waals surface area contributed by atoms with E-state index in [4.69, 9.17) is 18.0 Å². The third kappa shape index (κ3) is 3.33. The molecule has 1 aromatic carbocycles. The minimum Gasteiger partial charge on any atom is -0.508 e. The first-order valence-corrected chi connectivity index (χ1v) is 5.85. The van der Waals surface area contributed by atoms with Crippen molar-refractivity contribution in [2.75, 3.05) is 6.54 Å². The summed E-state index contributed by atoms with van der Waals surface area (Å²) in [7, 11) is 0. The fourth-order valence-corrected chi connectivity index (χ4v) is 1.65. The van der Waals surface area contributed by atoms with E-state index in [2.05, 4.69) is 0 Å². The fourth-order valence-electron chi connectivity index (χ4n) is 1.51. The molecule has 0 aliphatic carbocycles. The Kier molecular flexibility index (Phi) is 4.49. The molecule has 0 saturated heterocycles. The molecule has 6 heteroatoms. The Morgan fingerprint density at radius 3 is 2.50 bits per heavy atom. The Morgan fingerprint density at radius 2 is 2.06 bits per heavy atom. The van der Waals surface area contributed by atoms with Crippen molar-refractivity contribution in [3.8, 4) is 11.5 Å². The van der Waals surface area contributed by atoms with Crippen LogP contribution in [0.2, 0.25) is 0 Å². The van der Waals surface area contributed by atoms with E-state index in [1.807, 2.05) is 13.8 Å². The van der Waals surface area contributed by atoms with Crippen molar-refractivity contribution in [2.45, 2.75) is 19.9 Å². The zero-order valence-electron chi connectivity index (χ0n) is 10.3. The molecule has 0 bridgehead atoms. The van der Waals surface area contributed by atoms with Crippen molar-refractivity contribution in [1.82, 2.24) is 4.90 Å². The second-order valence-electron chi connectivity index (χ2n) is 4.19. The van der Waals surface area contributed by atoms with Crippen molar-refractivity contribution in [3.63, 3.8) is 0 Å². The lowest BCUT2D eigenvalue weighted by atomic mass is 10.1. The van der Waals surface area contributed by atoms with Gasteiger partial charge in [0.05, 0.1) is 17.1 Å². The highest BCUT2D eigenvalue weighted by atomic mass is 32.1. The van der Waals surface area contributed by atoms with E-state index < -0.39 is 0 Å². The Morgan fingerprint density at radius 1 is 1.44 bits per heavy atom. The Labute approximate surface area is 111 Å². The number of carbonyl (C=O) groups is 1. The number of rotatable bonds is 4.